The van der Waals surface area contributed by atoms with Crippen LogP contribution in [0.25, 0.3) is 76.8 Å². The van der Waals surface area contributed by atoms with Crippen LogP contribution in [0.1, 0.15) is 47.6 Å². The Morgan fingerprint density at radius 2 is 0.589 bits per heavy atom. The van der Waals surface area contributed by atoms with Crippen LogP contribution >= 0.6 is 0 Å². The normalized spacial score (nSPS) is 11.5. The van der Waals surface area contributed by atoms with E-state index in [-0.39, 0.29) is 5.92 Å². The van der Waals surface area contributed by atoms with Crippen molar-refractivity contribution in [2.45, 2.75) is 47.5 Å². The molecule has 0 unspecified atom stereocenters. The molecule has 0 spiro atoms. The van der Waals surface area contributed by atoms with Gasteiger partial charge in [-0.05, 0) is 164 Å². The van der Waals surface area contributed by atoms with Crippen LogP contribution in [0.4, 0.5) is 34.1 Å². The lowest BCUT2D eigenvalue weighted by atomic mass is 9.86. The fraction of sp³-hybridized carbons (Fsp3) is 0.0986. The second-order valence-corrected chi connectivity index (χ2v) is 20.1. The number of nitrogens with zero attached hydrogens (tertiary/aromatic N) is 2. The van der Waals surface area contributed by atoms with Crippen LogP contribution in [-0.2, 0) is 0 Å². The summed E-state index contributed by atoms with van der Waals surface area (Å²) in [5.74, 6) is 0.251. The summed E-state index contributed by atoms with van der Waals surface area (Å²) < 4.78 is 0. The van der Waals surface area contributed by atoms with Crippen molar-refractivity contribution in [2.24, 2.45) is 0 Å². The average Bonchev–Trinajstić information content (AvgIpc) is 3.43. The molecule has 0 aliphatic carbocycles. The zero-order valence-electron chi connectivity index (χ0n) is 42.5. The minimum Gasteiger partial charge on any atom is -0.309 e. The molecule has 0 atom stereocenters. The topological polar surface area (TPSA) is 6.48 Å². The van der Waals surface area contributed by atoms with Gasteiger partial charge in [0.15, 0.2) is 0 Å². The van der Waals surface area contributed by atoms with Crippen LogP contribution in [-0.4, -0.2) is 0 Å². The van der Waals surface area contributed by atoms with Crippen molar-refractivity contribution in [3.05, 3.63) is 264 Å². The summed E-state index contributed by atoms with van der Waals surface area (Å²) >= 11 is 0. The van der Waals surface area contributed by atoms with E-state index < -0.39 is 0 Å². The second kappa shape index (κ2) is 18.8. The van der Waals surface area contributed by atoms with Crippen LogP contribution in [0, 0.1) is 27.7 Å². The first-order valence-corrected chi connectivity index (χ1v) is 25.7. The van der Waals surface area contributed by atoms with Crippen LogP contribution in [0.5, 0.6) is 0 Å². The minimum absolute atomic E-state index is 0.251. The van der Waals surface area contributed by atoms with E-state index in [4.69, 9.17) is 0 Å². The quantitative estimate of drug-likeness (QED) is 0.119. The van der Waals surface area contributed by atoms with Gasteiger partial charge in [0.2, 0.25) is 0 Å². The van der Waals surface area contributed by atoms with Crippen LogP contribution in [0.2, 0.25) is 0 Å². The number of hydrogen-bond acceptors (Lipinski definition) is 2. The molecular formula is C71H58N2. The van der Waals surface area contributed by atoms with E-state index in [1.54, 1.807) is 0 Å². The van der Waals surface area contributed by atoms with Gasteiger partial charge in [0.1, 0.15) is 0 Å². The molecule has 0 fully saturated rings. The lowest BCUT2D eigenvalue weighted by molar-refractivity contribution is 0.876. The Balaban J connectivity index is 1.16. The Morgan fingerprint density at radius 1 is 0.260 bits per heavy atom. The van der Waals surface area contributed by atoms with E-state index in [0.29, 0.717) is 0 Å². The van der Waals surface area contributed by atoms with Gasteiger partial charge in [0.25, 0.3) is 0 Å². The fourth-order valence-corrected chi connectivity index (χ4v) is 11.2. The van der Waals surface area contributed by atoms with E-state index in [1.807, 2.05) is 0 Å². The molecule has 352 valence electrons. The SMILES string of the molecule is Cc1ccc(-c2ccccc2)cc1N(c1cc(-c2ccccc2)ccc1C)c1ccc2ccc3c(N(c4cc(-c5ccccc5)ccc4C)c4cc(-c5ccccc5)ccc4C)cc(C(C)C)c4ccc1c2c43. The van der Waals surface area contributed by atoms with Crippen molar-refractivity contribution in [1.29, 1.82) is 0 Å². The third kappa shape index (κ3) is 8.20. The van der Waals surface area contributed by atoms with E-state index in [1.165, 1.54) is 110 Å². The molecule has 0 saturated carbocycles. The summed E-state index contributed by atoms with van der Waals surface area (Å²) in [4.78, 5) is 5.12. The number of benzene rings is 12. The molecule has 0 N–H and O–H groups in total. The number of anilines is 6. The summed E-state index contributed by atoms with van der Waals surface area (Å²) in [5.41, 5.74) is 22.6. The lowest BCUT2D eigenvalue weighted by Gasteiger charge is -2.33. The molecule has 73 heavy (non-hydrogen) atoms. The highest BCUT2D eigenvalue weighted by Gasteiger charge is 2.27. The maximum absolute atomic E-state index is 2.57. The van der Waals surface area contributed by atoms with Crippen LogP contribution < -0.4 is 9.80 Å². The van der Waals surface area contributed by atoms with E-state index in [0.717, 1.165) is 28.4 Å². The first-order chi connectivity index (χ1) is 35.7. The lowest BCUT2D eigenvalue weighted by Crippen LogP contribution is -2.15. The zero-order valence-corrected chi connectivity index (χ0v) is 42.5. The van der Waals surface area contributed by atoms with Crippen LogP contribution in [0.3, 0.4) is 0 Å². The Morgan fingerprint density at radius 3 is 0.973 bits per heavy atom. The van der Waals surface area contributed by atoms with Crippen molar-refractivity contribution in [1.82, 2.24) is 0 Å². The summed E-state index contributed by atoms with van der Waals surface area (Å²) in [6, 6.07) is 87.7. The van der Waals surface area contributed by atoms with Crippen molar-refractivity contribution >= 4 is 66.4 Å². The third-order valence-electron chi connectivity index (χ3n) is 15.1. The first kappa shape index (κ1) is 45.4. The van der Waals surface area contributed by atoms with Gasteiger partial charge in [-0.1, -0.05) is 214 Å². The molecular weight excluding hydrogens is 881 g/mol. The Kier molecular flexibility index (Phi) is 11.7. The summed E-state index contributed by atoms with van der Waals surface area (Å²) in [7, 11) is 0. The summed E-state index contributed by atoms with van der Waals surface area (Å²) in [5, 5.41) is 7.53. The molecule has 0 aliphatic rings. The molecule has 12 rings (SSSR count). The van der Waals surface area contributed by atoms with E-state index in [2.05, 4.69) is 288 Å². The maximum atomic E-state index is 2.57. The maximum Gasteiger partial charge on any atom is 0.0543 e. The molecule has 0 radical (unpaired) electrons. The van der Waals surface area contributed by atoms with Crippen molar-refractivity contribution in [3.63, 3.8) is 0 Å². The molecule has 0 aromatic heterocycles. The van der Waals surface area contributed by atoms with Gasteiger partial charge < -0.3 is 9.80 Å². The van der Waals surface area contributed by atoms with Gasteiger partial charge in [-0.15, -0.1) is 0 Å². The van der Waals surface area contributed by atoms with Gasteiger partial charge in [0, 0.05) is 33.5 Å². The fourth-order valence-electron chi connectivity index (χ4n) is 11.2. The molecule has 0 bridgehead atoms. The highest BCUT2D eigenvalue weighted by molar-refractivity contribution is 6.29. The largest absolute Gasteiger partial charge is 0.309 e. The third-order valence-corrected chi connectivity index (χ3v) is 15.1. The standard InChI is InChI=1S/C71H58N2/c1-46(2)63-45-69(73(67-43-58(33-29-49(67)5)53-23-15-9-16-24-53)68-44-59(34-30-50(68)6)54-25-17-10-18-26-54)62-37-35-55-36-40-64(61-39-38-60(63)71(62)70(55)61)72(65-41-56(31-27-47(65)3)51-19-11-7-12-20-51)66-42-57(32-28-48(66)4)52-21-13-8-14-22-52/h7-46H,1-6H3. The predicted octanol–water partition coefficient (Wildman–Crippen LogP) is 20.5. The highest BCUT2D eigenvalue weighted by atomic mass is 15.2. The van der Waals surface area contributed by atoms with Gasteiger partial charge >= 0.3 is 0 Å². The smallest absolute Gasteiger partial charge is 0.0543 e. The summed E-state index contributed by atoms with van der Waals surface area (Å²) in [6.45, 7) is 13.7. The molecule has 0 heterocycles. The molecule has 12 aromatic rings. The molecule has 0 aliphatic heterocycles. The van der Waals surface area contributed by atoms with Gasteiger partial charge in [-0.25, -0.2) is 0 Å². The zero-order chi connectivity index (χ0) is 49.7. The highest BCUT2D eigenvalue weighted by Crippen LogP contribution is 2.52. The molecule has 2 heteroatoms. The molecule has 0 saturated heterocycles. The molecule has 12 aromatic carbocycles. The van der Waals surface area contributed by atoms with Gasteiger partial charge in [-0.2, -0.15) is 0 Å². The number of aryl methyl sites for hydroxylation is 4. The van der Waals surface area contributed by atoms with E-state index >= 15 is 0 Å². The van der Waals surface area contributed by atoms with Crippen molar-refractivity contribution < 1.29 is 0 Å². The number of rotatable bonds is 11. The molecule has 2 nitrogen and oxygen atoms in total. The van der Waals surface area contributed by atoms with Crippen molar-refractivity contribution in [2.75, 3.05) is 9.80 Å². The predicted molar refractivity (Wildman–Crippen MR) is 314 cm³/mol. The van der Waals surface area contributed by atoms with Crippen molar-refractivity contribution in [3.8, 4) is 44.5 Å². The minimum atomic E-state index is 0.251. The molecule has 0 amide bonds. The van der Waals surface area contributed by atoms with Crippen LogP contribution in [0.15, 0.2) is 237 Å². The summed E-state index contributed by atoms with van der Waals surface area (Å²) in [6.07, 6.45) is 0. The Hall–Kier alpha value is -8.72. The second-order valence-electron chi connectivity index (χ2n) is 20.1. The first-order valence-electron chi connectivity index (χ1n) is 25.7. The average molecular weight is 939 g/mol. The van der Waals surface area contributed by atoms with E-state index in [9.17, 15) is 0 Å². The Labute approximate surface area is 430 Å². The monoisotopic (exact) mass is 938 g/mol. The van der Waals surface area contributed by atoms with Gasteiger partial charge in [-0.3, -0.25) is 0 Å². The Bertz CT molecular complexity index is 3790. The number of hydrogen-bond donors (Lipinski definition) is 0. The van der Waals surface area contributed by atoms with Gasteiger partial charge in [0.05, 0.1) is 11.4 Å².